The Labute approximate surface area is 109 Å². The average Bonchev–Trinajstić information content (AvgIpc) is 2.33. The second kappa shape index (κ2) is 5.69. The van der Waals surface area contributed by atoms with E-state index in [4.69, 9.17) is 11.6 Å². The maximum absolute atomic E-state index is 11.3. The van der Waals surface area contributed by atoms with E-state index >= 15 is 0 Å². The van der Waals surface area contributed by atoms with Crippen LogP contribution in [0.1, 0.15) is 31.1 Å². The quantitative estimate of drug-likeness (QED) is 0.828. The number of carboxylic acid groups (broad SMARTS) is 1. The Morgan fingerprint density at radius 3 is 2.18 bits per heavy atom. The normalized spacial score (nSPS) is 11.5. The molecule has 0 amide bonds. The van der Waals surface area contributed by atoms with Crippen molar-refractivity contribution < 1.29 is 9.90 Å². The van der Waals surface area contributed by atoms with Gasteiger partial charge in [-0.3, -0.25) is 0 Å². The molecular weight excluding hydrogens is 252 g/mol. The van der Waals surface area contributed by atoms with Crippen LogP contribution in [-0.2, 0) is 0 Å². The molecule has 0 heterocycles. The van der Waals surface area contributed by atoms with Crippen LogP contribution in [0.2, 0.25) is 23.2 Å². The number of carbonyl (C=O) groups is 1. The summed E-state index contributed by atoms with van der Waals surface area (Å²) in [6.07, 6.45) is 0. The van der Waals surface area contributed by atoms with E-state index in [1.165, 1.54) is 0 Å². The van der Waals surface area contributed by atoms with Crippen LogP contribution in [0, 0.1) is 0 Å². The van der Waals surface area contributed by atoms with Gasteiger partial charge >= 0.3 is 5.97 Å². The number of benzene rings is 1. The molecule has 0 saturated heterocycles. The van der Waals surface area contributed by atoms with Gasteiger partial charge in [-0.1, -0.05) is 56.6 Å². The molecule has 0 unspecified atom stereocenters. The van der Waals surface area contributed by atoms with Crippen molar-refractivity contribution in [3.63, 3.8) is 0 Å². The Bertz CT molecular complexity index is 406. The fourth-order valence-electron chi connectivity index (χ4n) is 2.52. The van der Waals surface area contributed by atoms with Gasteiger partial charge in [-0.2, -0.15) is 0 Å². The van der Waals surface area contributed by atoms with Crippen molar-refractivity contribution in [2.45, 2.75) is 38.9 Å². The third-order valence-corrected chi connectivity index (χ3v) is 9.94. The van der Waals surface area contributed by atoms with Crippen LogP contribution in [0.15, 0.2) is 18.2 Å². The van der Waals surface area contributed by atoms with E-state index < -0.39 is 14.0 Å². The minimum absolute atomic E-state index is 0.398. The molecule has 0 aliphatic carbocycles. The maximum atomic E-state index is 11.3. The highest BCUT2D eigenvalue weighted by atomic mass is 35.5. The molecule has 0 fully saturated rings. The summed E-state index contributed by atoms with van der Waals surface area (Å²) >= 11 is 6.27. The van der Waals surface area contributed by atoms with Crippen molar-refractivity contribution in [2.24, 2.45) is 0 Å². The van der Waals surface area contributed by atoms with Crippen molar-refractivity contribution in [1.29, 1.82) is 0 Å². The number of hydrogen-bond acceptors (Lipinski definition) is 1. The molecule has 94 valence electrons. The molecular formula is C13H19ClO2Si. The zero-order valence-corrected chi connectivity index (χ0v) is 12.3. The standard InChI is InChI=1S/C13H19ClO2Si/c1-4-17(5-2,6-3)12-10(13(15)16)8-7-9-11(12)14/h7-9H,4-6H2,1-3H3,(H,15,16). The molecule has 1 aromatic rings. The van der Waals surface area contributed by atoms with Crippen LogP contribution in [0.25, 0.3) is 0 Å². The molecule has 0 radical (unpaired) electrons. The molecule has 0 aliphatic heterocycles. The summed E-state index contributed by atoms with van der Waals surface area (Å²) in [5.74, 6) is -0.866. The average molecular weight is 271 g/mol. The zero-order chi connectivity index (χ0) is 13.1. The zero-order valence-electron chi connectivity index (χ0n) is 10.6. The lowest BCUT2D eigenvalue weighted by atomic mass is 10.2. The number of aromatic carboxylic acids is 1. The maximum Gasteiger partial charge on any atom is 0.335 e. The van der Waals surface area contributed by atoms with Crippen LogP contribution >= 0.6 is 11.6 Å². The van der Waals surface area contributed by atoms with Gasteiger partial charge in [-0.05, 0) is 17.3 Å². The van der Waals surface area contributed by atoms with Crippen molar-refractivity contribution in [3.05, 3.63) is 28.8 Å². The van der Waals surface area contributed by atoms with E-state index in [-0.39, 0.29) is 0 Å². The van der Waals surface area contributed by atoms with E-state index in [2.05, 4.69) is 20.8 Å². The first-order valence-electron chi connectivity index (χ1n) is 6.04. The molecule has 0 aliphatic rings. The largest absolute Gasteiger partial charge is 0.478 e. The molecule has 1 rings (SSSR count). The Morgan fingerprint density at radius 2 is 1.76 bits per heavy atom. The predicted octanol–water partition coefficient (Wildman–Crippen LogP) is 3.75. The molecule has 1 aromatic carbocycles. The lowest BCUT2D eigenvalue weighted by Crippen LogP contribution is -2.49. The second-order valence-electron chi connectivity index (χ2n) is 4.31. The Hall–Kier alpha value is -0.803. The third-order valence-electron chi connectivity index (χ3n) is 3.80. The van der Waals surface area contributed by atoms with Crippen LogP contribution < -0.4 is 5.19 Å². The van der Waals surface area contributed by atoms with Gasteiger partial charge in [0.1, 0.15) is 0 Å². The fourth-order valence-corrected chi connectivity index (χ4v) is 7.21. The molecule has 1 N–H and O–H groups in total. The van der Waals surface area contributed by atoms with Crippen LogP contribution in [-0.4, -0.2) is 19.1 Å². The first kappa shape index (κ1) is 14.3. The SMILES string of the molecule is CC[Si](CC)(CC)c1c(Cl)cccc1C(=O)O. The molecule has 0 bridgehead atoms. The highest BCUT2D eigenvalue weighted by Crippen LogP contribution is 2.25. The van der Waals surface area contributed by atoms with E-state index in [9.17, 15) is 9.90 Å². The van der Waals surface area contributed by atoms with Gasteiger partial charge in [0.25, 0.3) is 0 Å². The Kier molecular flexibility index (Phi) is 4.77. The molecule has 4 heteroatoms. The van der Waals surface area contributed by atoms with Crippen molar-refractivity contribution in [1.82, 2.24) is 0 Å². The summed E-state index contributed by atoms with van der Waals surface area (Å²) in [7, 11) is -1.76. The summed E-state index contributed by atoms with van der Waals surface area (Å²) in [5, 5.41) is 10.9. The van der Waals surface area contributed by atoms with E-state index in [1.807, 2.05) is 6.07 Å². The van der Waals surface area contributed by atoms with E-state index in [0.717, 1.165) is 23.3 Å². The highest BCUT2D eigenvalue weighted by Gasteiger charge is 2.34. The van der Waals surface area contributed by atoms with Crippen molar-refractivity contribution in [2.75, 3.05) is 0 Å². The predicted molar refractivity (Wildman–Crippen MR) is 75.2 cm³/mol. The van der Waals surface area contributed by atoms with E-state index in [0.29, 0.717) is 10.6 Å². The van der Waals surface area contributed by atoms with Gasteiger partial charge in [0.15, 0.2) is 0 Å². The lowest BCUT2D eigenvalue weighted by molar-refractivity contribution is 0.0698. The lowest BCUT2D eigenvalue weighted by Gasteiger charge is -2.30. The van der Waals surface area contributed by atoms with Gasteiger partial charge in [0, 0.05) is 5.02 Å². The third kappa shape index (κ3) is 2.55. The van der Waals surface area contributed by atoms with Gasteiger partial charge < -0.3 is 5.11 Å². The van der Waals surface area contributed by atoms with Gasteiger partial charge in [0.05, 0.1) is 13.6 Å². The monoisotopic (exact) mass is 270 g/mol. The van der Waals surface area contributed by atoms with Gasteiger partial charge in [-0.25, -0.2) is 4.79 Å². The molecule has 17 heavy (non-hydrogen) atoms. The number of rotatable bonds is 5. The summed E-state index contributed by atoms with van der Waals surface area (Å²) in [5.41, 5.74) is 0.398. The summed E-state index contributed by atoms with van der Waals surface area (Å²) in [6, 6.07) is 8.30. The van der Waals surface area contributed by atoms with Crippen molar-refractivity contribution in [3.8, 4) is 0 Å². The topological polar surface area (TPSA) is 37.3 Å². The van der Waals surface area contributed by atoms with Crippen LogP contribution in [0.3, 0.4) is 0 Å². The van der Waals surface area contributed by atoms with E-state index in [1.54, 1.807) is 12.1 Å². The molecule has 0 atom stereocenters. The summed E-state index contributed by atoms with van der Waals surface area (Å²) < 4.78 is 0. The number of carboxylic acids is 1. The van der Waals surface area contributed by atoms with Crippen molar-refractivity contribution >= 4 is 30.8 Å². The molecule has 2 nitrogen and oxygen atoms in total. The first-order valence-corrected chi connectivity index (χ1v) is 9.04. The number of halogens is 1. The summed E-state index contributed by atoms with van der Waals surface area (Å²) in [4.78, 5) is 11.3. The second-order valence-corrected chi connectivity index (χ2v) is 9.90. The minimum Gasteiger partial charge on any atom is -0.478 e. The highest BCUT2D eigenvalue weighted by molar-refractivity contribution is 6.93. The van der Waals surface area contributed by atoms with Crippen LogP contribution in [0.5, 0.6) is 0 Å². The van der Waals surface area contributed by atoms with Gasteiger partial charge in [0.2, 0.25) is 0 Å². The Morgan fingerprint density at radius 1 is 1.24 bits per heavy atom. The smallest absolute Gasteiger partial charge is 0.335 e. The molecule has 0 spiro atoms. The first-order chi connectivity index (χ1) is 8.02. The Balaban J connectivity index is 3.51. The van der Waals surface area contributed by atoms with Crippen LogP contribution in [0.4, 0.5) is 0 Å². The number of hydrogen-bond donors (Lipinski definition) is 1. The molecule has 0 aromatic heterocycles. The fraction of sp³-hybridized carbons (Fsp3) is 0.462. The molecule has 0 saturated carbocycles. The van der Waals surface area contributed by atoms with Gasteiger partial charge in [-0.15, -0.1) is 0 Å². The minimum atomic E-state index is -1.76. The summed E-state index contributed by atoms with van der Waals surface area (Å²) in [6.45, 7) is 6.44.